The molecule has 0 unspecified atom stereocenters. The Morgan fingerprint density at radius 2 is 1.38 bits per heavy atom. The monoisotopic (exact) mass is 401 g/mol. The second-order valence-electron chi connectivity index (χ2n) is 6.84. The van der Waals surface area contributed by atoms with Crippen molar-refractivity contribution < 1.29 is 23.7 Å². The first-order valence-corrected chi connectivity index (χ1v) is 9.67. The summed E-state index contributed by atoms with van der Waals surface area (Å²) in [6.45, 7) is 1.76. The van der Waals surface area contributed by atoms with Gasteiger partial charge in [-0.1, -0.05) is 6.07 Å². The van der Waals surface area contributed by atoms with E-state index in [2.05, 4.69) is 18.0 Å². The quantitative estimate of drug-likeness (QED) is 0.504. The number of rotatable bonds is 12. The van der Waals surface area contributed by atoms with Crippen molar-refractivity contribution in [2.75, 3.05) is 48.6 Å². The topological polar surface area (TPSA) is 57.2 Å². The number of ketones is 1. The van der Waals surface area contributed by atoms with Crippen LogP contribution >= 0.6 is 0 Å². The number of benzene rings is 2. The lowest BCUT2D eigenvalue weighted by Crippen LogP contribution is -2.23. The number of likely N-dealkylation sites (N-methyl/N-ethyl adjacent to an activating group) is 1. The predicted octanol–water partition coefficient (Wildman–Crippen LogP) is 3.86. The van der Waals surface area contributed by atoms with Crippen LogP contribution in [0.2, 0.25) is 0 Å². The number of nitrogens with zero attached hydrogens (tertiary/aromatic N) is 1. The van der Waals surface area contributed by atoms with Crippen LogP contribution in [0.4, 0.5) is 0 Å². The van der Waals surface area contributed by atoms with Crippen molar-refractivity contribution in [1.82, 2.24) is 4.90 Å². The molecule has 0 amide bonds. The molecular formula is C23H31NO5. The van der Waals surface area contributed by atoms with Crippen molar-refractivity contribution in [1.29, 1.82) is 0 Å². The van der Waals surface area contributed by atoms with Gasteiger partial charge in [-0.05, 0) is 62.3 Å². The maximum absolute atomic E-state index is 12.5. The molecule has 0 saturated heterocycles. The molecule has 0 aliphatic carbocycles. The van der Waals surface area contributed by atoms with Crippen LogP contribution in [-0.4, -0.2) is 59.3 Å². The summed E-state index contributed by atoms with van der Waals surface area (Å²) < 4.78 is 21.1. The molecule has 0 aromatic heterocycles. The molecule has 0 radical (unpaired) electrons. The zero-order valence-corrected chi connectivity index (χ0v) is 18.0. The van der Waals surface area contributed by atoms with Crippen LogP contribution in [0.5, 0.6) is 23.0 Å². The van der Waals surface area contributed by atoms with Gasteiger partial charge in [0.25, 0.3) is 0 Å². The van der Waals surface area contributed by atoms with Gasteiger partial charge >= 0.3 is 0 Å². The molecule has 6 nitrogen and oxygen atoms in total. The van der Waals surface area contributed by atoms with Crippen LogP contribution in [0.3, 0.4) is 0 Å². The van der Waals surface area contributed by atoms with E-state index in [0.29, 0.717) is 23.5 Å². The van der Waals surface area contributed by atoms with E-state index in [0.717, 1.165) is 37.4 Å². The molecule has 0 spiro atoms. The van der Waals surface area contributed by atoms with Gasteiger partial charge in [-0.3, -0.25) is 4.79 Å². The summed E-state index contributed by atoms with van der Waals surface area (Å²) in [4.78, 5) is 14.7. The molecule has 0 atom stereocenters. The fourth-order valence-corrected chi connectivity index (χ4v) is 3.13. The normalized spacial score (nSPS) is 10.7. The predicted molar refractivity (Wildman–Crippen MR) is 114 cm³/mol. The van der Waals surface area contributed by atoms with Gasteiger partial charge in [-0.25, -0.2) is 0 Å². The summed E-state index contributed by atoms with van der Waals surface area (Å²) in [5, 5.41) is 0. The fourth-order valence-electron chi connectivity index (χ4n) is 3.13. The Kier molecular flexibility index (Phi) is 8.80. The molecule has 0 aliphatic rings. The third kappa shape index (κ3) is 6.39. The SMILES string of the molecule is COc1ccc(CCN(C)CCCC(=O)c2ccc(OC)c(OC)c2)cc1OC. The Morgan fingerprint density at radius 3 is 2.00 bits per heavy atom. The third-order valence-corrected chi connectivity index (χ3v) is 4.88. The largest absolute Gasteiger partial charge is 0.493 e. The van der Waals surface area contributed by atoms with Gasteiger partial charge in [-0.2, -0.15) is 0 Å². The molecule has 6 heteroatoms. The second kappa shape index (κ2) is 11.3. The zero-order chi connectivity index (χ0) is 21.2. The molecule has 0 aliphatic heterocycles. The van der Waals surface area contributed by atoms with Crippen LogP contribution in [0.1, 0.15) is 28.8 Å². The highest BCUT2D eigenvalue weighted by molar-refractivity contribution is 5.96. The smallest absolute Gasteiger partial charge is 0.163 e. The number of carbonyl (C=O) groups excluding carboxylic acids is 1. The minimum atomic E-state index is 0.110. The van der Waals surface area contributed by atoms with Gasteiger partial charge in [0.05, 0.1) is 28.4 Å². The molecule has 158 valence electrons. The molecule has 0 N–H and O–H groups in total. The summed E-state index contributed by atoms with van der Waals surface area (Å²) in [6, 6.07) is 11.3. The van der Waals surface area contributed by atoms with E-state index in [1.807, 2.05) is 12.1 Å². The number of carbonyl (C=O) groups is 1. The van der Waals surface area contributed by atoms with E-state index in [1.165, 1.54) is 5.56 Å². The van der Waals surface area contributed by atoms with Gasteiger partial charge < -0.3 is 23.8 Å². The zero-order valence-electron chi connectivity index (χ0n) is 18.0. The highest BCUT2D eigenvalue weighted by Crippen LogP contribution is 2.29. The Labute approximate surface area is 173 Å². The van der Waals surface area contributed by atoms with E-state index in [-0.39, 0.29) is 5.78 Å². The molecule has 29 heavy (non-hydrogen) atoms. The summed E-state index contributed by atoms with van der Waals surface area (Å²) >= 11 is 0. The molecule has 2 rings (SSSR count). The Bertz CT molecular complexity index is 806. The van der Waals surface area contributed by atoms with Crippen molar-refractivity contribution in [3.8, 4) is 23.0 Å². The van der Waals surface area contributed by atoms with Crippen molar-refractivity contribution in [3.63, 3.8) is 0 Å². The number of hydrogen-bond acceptors (Lipinski definition) is 6. The summed E-state index contributed by atoms with van der Waals surface area (Å²) in [7, 11) is 8.50. The van der Waals surface area contributed by atoms with E-state index >= 15 is 0 Å². The van der Waals surface area contributed by atoms with E-state index in [1.54, 1.807) is 46.6 Å². The van der Waals surface area contributed by atoms with E-state index < -0.39 is 0 Å². The minimum absolute atomic E-state index is 0.110. The molecular weight excluding hydrogens is 370 g/mol. The highest BCUT2D eigenvalue weighted by atomic mass is 16.5. The first kappa shape index (κ1) is 22.6. The molecule has 0 saturated carbocycles. The van der Waals surface area contributed by atoms with Crippen LogP contribution in [0.15, 0.2) is 36.4 Å². The summed E-state index contributed by atoms with van der Waals surface area (Å²) in [5.74, 6) is 2.79. The van der Waals surface area contributed by atoms with Gasteiger partial charge in [-0.15, -0.1) is 0 Å². The molecule has 0 bridgehead atoms. The maximum atomic E-state index is 12.5. The first-order valence-electron chi connectivity index (χ1n) is 9.67. The van der Waals surface area contributed by atoms with Crippen molar-refractivity contribution in [2.24, 2.45) is 0 Å². The summed E-state index contributed by atoms with van der Waals surface area (Å²) in [5.41, 5.74) is 1.84. The Balaban J connectivity index is 1.79. The minimum Gasteiger partial charge on any atom is -0.493 e. The van der Waals surface area contributed by atoms with Gasteiger partial charge in [0, 0.05) is 18.5 Å². The van der Waals surface area contributed by atoms with Crippen LogP contribution < -0.4 is 18.9 Å². The number of ether oxygens (including phenoxy) is 4. The standard InChI is InChI=1S/C23H31NO5/c1-24(14-12-17-8-10-20(26-2)22(15-17)28-4)13-6-7-19(25)18-9-11-21(27-3)23(16-18)29-5/h8-11,15-16H,6-7,12-14H2,1-5H3. The van der Waals surface area contributed by atoms with Crippen LogP contribution in [0, 0.1) is 0 Å². The maximum Gasteiger partial charge on any atom is 0.163 e. The van der Waals surface area contributed by atoms with E-state index in [4.69, 9.17) is 18.9 Å². The van der Waals surface area contributed by atoms with Gasteiger partial charge in [0.15, 0.2) is 28.8 Å². The van der Waals surface area contributed by atoms with Crippen molar-refractivity contribution in [3.05, 3.63) is 47.5 Å². The van der Waals surface area contributed by atoms with Crippen LogP contribution in [-0.2, 0) is 6.42 Å². The number of hydrogen-bond donors (Lipinski definition) is 0. The Hall–Kier alpha value is -2.73. The number of Topliss-reactive ketones (excluding diaryl/α,β-unsaturated/α-hetero) is 1. The van der Waals surface area contributed by atoms with Crippen LogP contribution in [0.25, 0.3) is 0 Å². The lowest BCUT2D eigenvalue weighted by atomic mass is 10.1. The average Bonchev–Trinajstić information content (AvgIpc) is 2.76. The van der Waals surface area contributed by atoms with Crippen molar-refractivity contribution >= 4 is 5.78 Å². The third-order valence-electron chi connectivity index (χ3n) is 4.88. The Morgan fingerprint density at radius 1 is 0.793 bits per heavy atom. The first-order chi connectivity index (χ1) is 14.0. The average molecular weight is 402 g/mol. The lowest BCUT2D eigenvalue weighted by Gasteiger charge is -2.17. The lowest BCUT2D eigenvalue weighted by molar-refractivity contribution is 0.0976. The molecule has 0 heterocycles. The molecule has 2 aromatic carbocycles. The number of methoxy groups -OCH3 is 4. The van der Waals surface area contributed by atoms with Gasteiger partial charge in [0.1, 0.15) is 0 Å². The molecule has 0 fully saturated rings. The second-order valence-corrected chi connectivity index (χ2v) is 6.84. The fraction of sp³-hybridized carbons (Fsp3) is 0.435. The molecule has 2 aromatic rings. The van der Waals surface area contributed by atoms with Crippen molar-refractivity contribution in [2.45, 2.75) is 19.3 Å². The van der Waals surface area contributed by atoms with E-state index in [9.17, 15) is 4.79 Å². The highest BCUT2D eigenvalue weighted by Gasteiger charge is 2.11. The van der Waals surface area contributed by atoms with Gasteiger partial charge in [0.2, 0.25) is 0 Å². The summed E-state index contributed by atoms with van der Waals surface area (Å²) in [6.07, 6.45) is 2.20.